The smallest absolute Gasteiger partial charge is 0.120 e. The summed E-state index contributed by atoms with van der Waals surface area (Å²) in [5.74, 6) is 0.355. The van der Waals surface area contributed by atoms with Gasteiger partial charge in [-0.15, -0.1) is 0 Å². The molecule has 0 unspecified atom stereocenters. The summed E-state index contributed by atoms with van der Waals surface area (Å²) < 4.78 is 0. The van der Waals surface area contributed by atoms with Gasteiger partial charge in [0.25, 0.3) is 0 Å². The molecule has 0 radical (unpaired) electrons. The van der Waals surface area contributed by atoms with Crippen LogP contribution in [0.15, 0.2) is 18.2 Å². The van der Waals surface area contributed by atoms with Gasteiger partial charge in [0.15, 0.2) is 0 Å². The second kappa shape index (κ2) is 3.26. The van der Waals surface area contributed by atoms with E-state index < -0.39 is 0 Å². The number of phenolic OH excluding ortho intramolecular Hbond substituents is 2. The molecule has 0 bridgehead atoms. The Kier molecular flexibility index (Phi) is 2.48. The van der Waals surface area contributed by atoms with E-state index in [-0.39, 0.29) is 17.0 Å². The fourth-order valence-corrected chi connectivity index (χ4v) is 1.16. The third kappa shape index (κ3) is 1.92. The van der Waals surface area contributed by atoms with E-state index in [9.17, 15) is 10.2 Å². The fraction of sp³-hybridized carbons (Fsp3) is 0.400. The highest BCUT2D eigenvalue weighted by Gasteiger charge is 2.21. The van der Waals surface area contributed by atoms with Crippen LogP contribution in [0.25, 0.3) is 0 Å². The van der Waals surface area contributed by atoms with Gasteiger partial charge in [0.05, 0.1) is 0 Å². The first kappa shape index (κ1) is 9.86. The maximum atomic E-state index is 9.55. The van der Waals surface area contributed by atoms with Crippen LogP contribution in [0.4, 0.5) is 0 Å². The Bertz CT molecular complexity index is 308. The first-order valence-electron chi connectivity index (χ1n) is 4.19. The van der Waals surface area contributed by atoms with Gasteiger partial charge in [-0.05, 0) is 39.1 Å². The number of hydrogen-bond acceptors (Lipinski definition) is 3. The third-order valence-corrected chi connectivity index (χ3v) is 2.28. The molecular formula is C10H15NO2. The van der Waals surface area contributed by atoms with Gasteiger partial charge in [-0.1, -0.05) is 0 Å². The number of nitrogens with one attached hydrogen (secondary N) is 1. The van der Waals surface area contributed by atoms with Crippen LogP contribution in [0.5, 0.6) is 11.5 Å². The maximum Gasteiger partial charge on any atom is 0.120 e. The standard InChI is InChI=1S/C10H15NO2/c1-10(2,11-3)8-6-7(12)4-5-9(8)13/h4-6,11-13H,1-3H3. The van der Waals surface area contributed by atoms with Crippen LogP contribution in [0.2, 0.25) is 0 Å². The molecule has 1 aromatic rings. The first-order valence-corrected chi connectivity index (χ1v) is 4.19. The van der Waals surface area contributed by atoms with Crippen molar-refractivity contribution in [2.45, 2.75) is 19.4 Å². The van der Waals surface area contributed by atoms with E-state index in [0.29, 0.717) is 5.56 Å². The number of phenols is 2. The Balaban J connectivity index is 3.20. The number of rotatable bonds is 2. The monoisotopic (exact) mass is 181 g/mol. The lowest BCUT2D eigenvalue weighted by Gasteiger charge is -2.25. The molecule has 1 rings (SSSR count). The first-order chi connectivity index (χ1) is 5.97. The van der Waals surface area contributed by atoms with Crippen LogP contribution in [-0.4, -0.2) is 17.3 Å². The molecule has 0 fully saturated rings. The van der Waals surface area contributed by atoms with Gasteiger partial charge >= 0.3 is 0 Å². The van der Waals surface area contributed by atoms with Crippen LogP contribution < -0.4 is 5.32 Å². The molecule has 0 aliphatic heterocycles. The summed E-state index contributed by atoms with van der Waals surface area (Å²) in [6, 6.07) is 4.51. The molecule has 72 valence electrons. The van der Waals surface area contributed by atoms with Crippen molar-refractivity contribution < 1.29 is 10.2 Å². The van der Waals surface area contributed by atoms with Crippen molar-refractivity contribution in [3.63, 3.8) is 0 Å². The summed E-state index contributed by atoms with van der Waals surface area (Å²) in [5.41, 5.74) is 0.345. The highest BCUT2D eigenvalue weighted by Crippen LogP contribution is 2.31. The molecule has 3 nitrogen and oxygen atoms in total. The van der Waals surface area contributed by atoms with Crippen LogP contribution in [0, 0.1) is 0 Å². The third-order valence-electron chi connectivity index (χ3n) is 2.28. The molecule has 0 saturated heterocycles. The second-order valence-corrected chi connectivity index (χ2v) is 3.58. The van der Waals surface area contributed by atoms with Crippen molar-refractivity contribution in [3.8, 4) is 11.5 Å². The van der Waals surface area contributed by atoms with Gasteiger partial charge in [0.2, 0.25) is 0 Å². The van der Waals surface area contributed by atoms with Crippen molar-refractivity contribution in [2.24, 2.45) is 0 Å². The van der Waals surface area contributed by atoms with E-state index in [4.69, 9.17) is 0 Å². The minimum atomic E-state index is -0.344. The van der Waals surface area contributed by atoms with Gasteiger partial charge < -0.3 is 15.5 Å². The highest BCUT2D eigenvalue weighted by atomic mass is 16.3. The average molecular weight is 181 g/mol. The van der Waals surface area contributed by atoms with Gasteiger partial charge in [0.1, 0.15) is 11.5 Å². The van der Waals surface area contributed by atoms with Crippen LogP contribution in [-0.2, 0) is 5.54 Å². The zero-order valence-corrected chi connectivity index (χ0v) is 8.13. The van der Waals surface area contributed by atoms with Gasteiger partial charge in [-0.3, -0.25) is 0 Å². The van der Waals surface area contributed by atoms with Crippen molar-refractivity contribution >= 4 is 0 Å². The second-order valence-electron chi connectivity index (χ2n) is 3.58. The van der Waals surface area contributed by atoms with E-state index in [0.717, 1.165) is 0 Å². The molecule has 13 heavy (non-hydrogen) atoms. The quantitative estimate of drug-likeness (QED) is 0.607. The summed E-state index contributed by atoms with van der Waals surface area (Å²) in [6.45, 7) is 3.86. The van der Waals surface area contributed by atoms with Crippen LogP contribution >= 0.6 is 0 Å². The van der Waals surface area contributed by atoms with E-state index >= 15 is 0 Å². The highest BCUT2D eigenvalue weighted by molar-refractivity contribution is 5.42. The number of hydrogen-bond donors (Lipinski definition) is 3. The van der Waals surface area contributed by atoms with E-state index in [1.54, 1.807) is 6.07 Å². The summed E-state index contributed by atoms with van der Waals surface area (Å²) in [4.78, 5) is 0. The molecular weight excluding hydrogens is 166 g/mol. The molecule has 3 heteroatoms. The topological polar surface area (TPSA) is 52.5 Å². The van der Waals surface area contributed by atoms with Crippen molar-refractivity contribution in [2.75, 3.05) is 7.05 Å². The zero-order valence-electron chi connectivity index (χ0n) is 8.13. The molecule has 0 heterocycles. The van der Waals surface area contributed by atoms with Crippen LogP contribution in [0.3, 0.4) is 0 Å². The van der Waals surface area contributed by atoms with Gasteiger partial charge in [0, 0.05) is 11.1 Å². The van der Waals surface area contributed by atoms with E-state index in [2.05, 4.69) is 5.32 Å². The summed E-state index contributed by atoms with van der Waals surface area (Å²) in [6.07, 6.45) is 0. The molecule has 1 aromatic carbocycles. The van der Waals surface area contributed by atoms with Gasteiger partial charge in [-0.2, -0.15) is 0 Å². The molecule has 3 N–H and O–H groups in total. The lowest BCUT2D eigenvalue weighted by molar-refractivity contribution is 0.395. The predicted molar refractivity (Wildman–Crippen MR) is 51.9 cm³/mol. The Morgan fingerprint density at radius 3 is 2.38 bits per heavy atom. The van der Waals surface area contributed by atoms with E-state index in [1.165, 1.54) is 12.1 Å². The zero-order chi connectivity index (χ0) is 10.1. The largest absolute Gasteiger partial charge is 0.508 e. The van der Waals surface area contributed by atoms with Gasteiger partial charge in [-0.25, -0.2) is 0 Å². The average Bonchev–Trinajstić information content (AvgIpc) is 2.09. The number of benzene rings is 1. The number of aromatic hydroxyl groups is 2. The lowest BCUT2D eigenvalue weighted by Crippen LogP contribution is -2.33. The molecule has 0 atom stereocenters. The Morgan fingerprint density at radius 1 is 1.23 bits per heavy atom. The molecule has 0 aromatic heterocycles. The minimum Gasteiger partial charge on any atom is -0.508 e. The van der Waals surface area contributed by atoms with Crippen molar-refractivity contribution in [1.29, 1.82) is 0 Å². The molecule has 0 spiro atoms. The molecule has 0 amide bonds. The summed E-state index contributed by atoms with van der Waals surface area (Å²) in [7, 11) is 1.81. The SMILES string of the molecule is CNC(C)(C)c1cc(O)ccc1O. The maximum absolute atomic E-state index is 9.55. The predicted octanol–water partition coefficient (Wildman–Crippen LogP) is 1.55. The van der Waals surface area contributed by atoms with Crippen molar-refractivity contribution in [3.05, 3.63) is 23.8 Å². The van der Waals surface area contributed by atoms with Crippen molar-refractivity contribution in [1.82, 2.24) is 5.32 Å². The molecule has 0 saturated carbocycles. The summed E-state index contributed by atoms with van der Waals surface area (Å²) in [5, 5.41) is 21.9. The Hall–Kier alpha value is -1.22. The fourth-order valence-electron chi connectivity index (χ4n) is 1.16. The normalized spacial score (nSPS) is 11.6. The minimum absolute atomic E-state index is 0.163. The molecule has 0 aliphatic rings. The Morgan fingerprint density at radius 2 is 1.85 bits per heavy atom. The lowest BCUT2D eigenvalue weighted by atomic mass is 9.93. The van der Waals surface area contributed by atoms with E-state index in [1.807, 2.05) is 20.9 Å². The molecule has 0 aliphatic carbocycles. The summed E-state index contributed by atoms with van der Waals surface area (Å²) >= 11 is 0. The Labute approximate surface area is 78.0 Å². The van der Waals surface area contributed by atoms with Crippen LogP contribution in [0.1, 0.15) is 19.4 Å².